The van der Waals surface area contributed by atoms with Crippen LogP contribution in [0.15, 0.2) is 11.6 Å². The van der Waals surface area contributed by atoms with Crippen LogP contribution in [0.3, 0.4) is 0 Å². The lowest BCUT2D eigenvalue weighted by Crippen LogP contribution is -2.88. The molecule has 108 valence electrons. The zero-order valence-electron chi connectivity index (χ0n) is 11.8. The molecule has 1 aliphatic heterocycles. The predicted molar refractivity (Wildman–Crippen MR) is 74.8 cm³/mol. The van der Waals surface area contributed by atoms with Gasteiger partial charge in [-0.25, -0.2) is 0 Å². The Kier molecular flexibility index (Phi) is 6.37. The van der Waals surface area contributed by atoms with Crippen LogP contribution in [0.25, 0.3) is 0 Å². The summed E-state index contributed by atoms with van der Waals surface area (Å²) in [4.78, 5) is 11.7. The van der Waals surface area contributed by atoms with Gasteiger partial charge in [0.05, 0.1) is 0 Å². The number of nitrogens with one attached hydrogen (secondary N) is 1. The predicted octanol–water partition coefficient (Wildman–Crippen LogP) is 0.735. The largest absolute Gasteiger partial charge is 0.372 e. The van der Waals surface area contributed by atoms with Crippen LogP contribution in [0, 0.1) is 0 Å². The van der Waals surface area contributed by atoms with Crippen LogP contribution in [0.4, 0.5) is 0 Å². The zero-order valence-corrected chi connectivity index (χ0v) is 11.8. The number of quaternary nitrogens is 1. The maximum Gasteiger partial charge on any atom is 0.275 e. The van der Waals surface area contributed by atoms with Crippen molar-refractivity contribution in [1.29, 1.82) is 0 Å². The third-order valence-electron chi connectivity index (χ3n) is 3.94. The summed E-state index contributed by atoms with van der Waals surface area (Å²) >= 11 is 0. The first-order valence-electron chi connectivity index (χ1n) is 7.72. The second-order valence-electron chi connectivity index (χ2n) is 5.57. The number of ether oxygens (including phenoxy) is 1. The molecule has 4 heteroatoms. The van der Waals surface area contributed by atoms with E-state index >= 15 is 0 Å². The van der Waals surface area contributed by atoms with Crippen molar-refractivity contribution in [3.05, 3.63) is 11.6 Å². The van der Waals surface area contributed by atoms with Crippen LogP contribution in [0.2, 0.25) is 0 Å². The average Bonchev–Trinajstić information content (AvgIpc) is 2.93. The van der Waals surface area contributed by atoms with Crippen molar-refractivity contribution in [2.75, 3.05) is 26.2 Å². The van der Waals surface area contributed by atoms with Gasteiger partial charge in [-0.1, -0.05) is 11.6 Å². The summed E-state index contributed by atoms with van der Waals surface area (Å²) in [5.41, 5.74) is 1.52. The fourth-order valence-electron chi connectivity index (χ4n) is 2.80. The Balaban J connectivity index is 1.48. The Morgan fingerprint density at radius 2 is 2.37 bits per heavy atom. The molecule has 4 nitrogen and oxygen atoms in total. The molecule has 19 heavy (non-hydrogen) atoms. The summed E-state index contributed by atoms with van der Waals surface area (Å²) in [7, 11) is 0. The lowest BCUT2D eigenvalue weighted by molar-refractivity contribution is -0.650. The van der Waals surface area contributed by atoms with Crippen molar-refractivity contribution in [2.24, 2.45) is 0 Å². The highest BCUT2D eigenvalue weighted by atomic mass is 16.5. The van der Waals surface area contributed by atoms with Gasteiger partial charge in [0.25, 0.3) is 5.91 Å². The van der Waals surface area contributed by atoms with Crippen molar-refractivity contribution in [2.45, 2.75) is 51.0 Å². The van der Waals surface area contributed by atoms with Gasteiger partial charge in [0, 0.05) is 13.2 Å². The summed E-state index contributed by atoms with van der Waals surface area (Å²) in [6.45, 7) is 3.12. The highest BCUT2D eigenvalue weighted by Gasteiger charge is 2.17. The van der Waals surface area contributed by atoms with Gasteiger partial charge in [0.2, 0.25) is 0 Å². The van der Waals surface area contributed by atoms with Crippen LogP contribution < -0.4 is 10.6 Å². The summed E-state index contributed by atoms with van der Waals surface area (Å²) in [5.74, 6) is 0.148. The normalized spacial score (nSPS) is 23.2. The number of hydrogen-bond acceptors (Lipinski definition) is 2. The van der Waals surface area contributed by atoms with E-state index in [1.54, 1.807) is 0 Å². The minimum absolute atomic E-state index is 0.148. The van der Waals surface area contributed by atoms with Gasteiger partial charge in [-0.3, -0.25) is 4.79 Å². The molecule has 0 saturated carbocycles. The van der Waals surface area contributed by atoms with Gasteiger partial charge in [0.1, 0.15) is 12.6 Å². The first kappa shape index (κ1) is 14.5. The molecule has 3 N–H and O–H groups in total. The molecular formula is C15H27N2O2+. The van der Waals surface area contributed by atoms with E-state index in [9.17, 15) is 4.79 Å². The molecule has 1 aliphatic carbocycles. The molecule has 0 aromatic carbocycles. The van der Waals surface area contributed by atoms with Gasteiger partial charge in [0.15, 0.2) is 6.54 Å². The van der Waals surface area contributed by atoms with Crippen LogP contribution in [0.5, 0.6) is 0 Å². The highest BCUT2D eigenvalue weighted by Crippen LogP contribution is 2.19. The number of carbonyl (C=O) groups excluding carboxylic acids is 1. The minimum Gasteiger partial charge on any atom is -0.372 e. The van der Waals surface area contributed by atoms with Crippen LogP contribution >= 0.6 is 0 Å². The summed E-state index contributed by atoms with van der Waals surface area (Å²) in [6.07, 6.45) is 11.1. The SMILES string of the molecule is O=C(C[NH2+]C[C@H]1CCCO1)NCCC1=CCCCC1. The first-order valence-corrected chi connectivity index (χ1v) is 7.72. The van der Waals surface area contributed by atoms with Gasteiger partial charge in [-0.05, 0) is 44.9 Å². The fourth-order valence-corrected chi connectivity index (χ4v) is 2.80. The van der Waals surface area contributed by atoms with E-state index in [2.05, 4.69) is 16.7 Å². The van der Waals surface area contributed by atoms with Crippen molar-refractivity contribution in [3.8, 4) is 0 Å². The molecule has 0 spiro atoms. The number of nitrogens with two attached hydrogens (primary N) is 1. The van der Waals surface area contributed by atoms with Crippen LogP contribution in [-0.4, -0.2) is 38.3 Å². The third kappa shape index (κ3) is 5.74. The fraction of sp³-hybridized carbons (Fsp3) is 0.800. The second-order valence-corrected chi connectivity index (χ2v) is 5.57. The lowest BCUT2D eigenvalue weighted by atomic mass is 9.97. The van der Waals surface area contributed by atoms with Crippen LogP contribution in [-0.2, 0) is 9.53 Å². The van der Waals surface area contributed by atoms with E-state index in [1.807, 2.05) is 0 Å². The molecule has 1 amide bonds. The van der Waals surface area contributed by atoms with Crippen LogP contribution in [0.1, 0.15) is 44.9 Å². The Bertz CT molecular complexity index is 309. The number of amides is 1. The van der Waals surface area contributed by atoms with Gasteiger partial charge < -0.3 is 15.4 Å². The Morgan fingerprint density at radius 3 is 3.11 bits per heavy atom. The monoisotopic (exact) mass is 267 g/mol. The quantitative estimate of drug-likeness (QED) is 0.668. The van der Waals surface area contributed by atoms with Crippen molar-refractivity contribution >= 4 is 5.91 Å². The van der Waals surface area contributed by atoms with Gasteiger partial charge in [-0.2, -0.15) is 0 Å². The summed E-state index contributed by atoms with van der Waals surface area (Å²) < 4.78 is 5.52. The molecule has 1 fully saturated rings. The lowest BCUT2D eigenvalue weighted by Gasteiger charge is -2.13. The Hall–Kier alpha value is -0.870. The van der Waals surface area contributed by atoms with E-state index in [-0.39, 0.29) is 5.91 Å². The number of rotatable bonds is 7. The summed E-state index contributed by atoms with van der Waals surface area (Å²) in [5, 5.41) is 5.06. The average molecular weight is 267 g/mol. The maximum absolute atomic E-state index is 11.7. The molecule has 1 heterocycles. The molecule has 0 aromatic rings. The maximum atomic E-state index is 11.7. The van der Waals surface area contributed by atoms with E-state index in [0.29, 0.717) is 12.6 Å². The standard InChI is InChI=1S/C15H26N2O2/c18-15(12-16-11-14-7-4-10-19-14)17-9-8-13-5-2-1-3-6-13/h5,14,16H,1-4,6-12H2,(H,17,18)/p+1/t14-/m1/s1. The molecule has 0 aromatic heterocycles. The van der Waals surface area contributed by atoms with E-state index < -0.39 is 0 Å². The molecular weight excluding hydrogens is 240 g/mol. The number of allylic oxidation sites excluding steroid dienone is 1. The molecule has 1 saturated heterocycles. The summed E-state index contributed by atoms with van der Waals surface area (Å²) in [6, 6.07) is 0. The number of hydrogen-bond donors (Lipinski definition) is 2. The Morgan fingerprint density at radius 1 is 1.42 bits per heavy atom. The molecule has 1 atom stereocenters. The van der Waals surface area contributed by atoms with E-state index in [0.717, 1.165) is 32.5 Å². The van der Waals surface area contributed by atoms with Crippen molar-refractivity contribution < 1.29 is 14.8 Å². The number of carbonyl (C=O) groups is 1. The third-order valence-corrected chi connectivity index (χ3v) is 3.94. The molecule has 2 rings (SSSR count). The molecule has 0 unspecified atom stereocenters. The highest BCUT2D eigenvalue weighted by molar-refractivity contribution is 5.76. The smallest absolute Gasteiger partial charge is 0.275 e. The van der Waals surface area contributed by atoms with Crippen molar-refractivity contribution in [3.63, 3.8) is 0 Å². The molecule has 0 bridgehead atoms. The molecule has 2 aliphatic rings. The first-order chi connectivity index (χ1) is 9.34. The minimum atomic E-state index is 0.148. The zero-order chi connectivity index (χ0) is 13.3. The van der Waals surface area contributed by atoms with Crippen molar-refractivity contribution in [1.82, 2.24) is 5.32 Å². The Labute approximate surface area is 116 Å². The van der Waals surface area contributed by atoms with Gasteiger partial charge in [-0.15, -0.1) is 0 Å². The topological polar surface area (TPSA) is 54.9 Å². The van der Waals surface area contributed by atoms with Gasteiger partial charge >= 0.3 is 0 Å². The molecule has 0 radical (unpaired) electrons. The van der Waals surface area contributed by atoms with E-state index in [4.69, 9.17) is 4.74 Å². The van der Waals surface area contributed by atoms with E-state index in [1.165, 1.54) is 37.7 Å². The second kappa shape index (κ2) is 8.33.